The number of nitro benzene ring substituents is 2. The number of hydrogen-bond donors (Lipinski definition) is 2. The molecular formula is C39H34F15N9O8. The number of nitrogens with two attached hydrogens (primary N) is 1. The lowest BCUT2D eigenvalue weighted by atomic mass is 10.0. The third-order valence-corrected chi connectivity index (χ3v) is 8.98. The van der Waals surface area contributed by atoms with Gasteiger partial charge in [-0.05, 0) is 31.5 Å². The Bertz CT molecular complexity index is 2530. The summed E-state index contributed by atoms with van der Waals surface area (Å²) in [5.41, 5.74) is -0.953. The number of hydrogen-bond acceptors (Lipinski definition) is 13. The van der Waals surface area contributed by atoms with Crippen LogP contribution in [-0.4, -0.2) is 89.0 Å². The number of nitro groups is 2. The highest BCUT2D eigenvalue weighted by Crippen LogP contribution is 2.47. The van der Waals surface area contributed by atoms with Gasteiger partial charge in [0.1, 0.15) is 12.4 Å². The van der Waals surface area contributed by atoms with E-state index in [4.69, 9.17) is 21.0 Å². The maximum Gasteiger partial charge on any atom is 0.458 e. The molecule has 0 unspecified atom stereocenters. The molecule has 71 heavy (non-hydrogen) atoms. The monoisotopic (exact) mass is 1040 g/mol. The predicted molar refractivity (Wildman–Crippen MR) is 212 cm³/mol. The Kier molecular flexibility index (Phi) is 19.9. The Morgan fingerprint density at radius 3 is 1.61 bits per heavy atom. The summed E-state index contributed by atoms with van der Waals surface area (Å²) in [6, 6.07) is 8.29. The largest absolute Gasteiger partial charge is 0.458 e. The van der Waals surface area contributed by atoms with Crippen molar-refractivity contribution in [2.24, 2.45) is 10.7 Å². The average Bonchev–Trinajstić information content (AvgIpc) is 3.43. The van der Waals surface area contributed by atoms with Gasteiger partial charge in [0.15, 0.2) is 0 Å². The number of nitrogens with zero attached hydrogens (tertiary/aromatic N) is 7. The van der Waals surface area contributed by atoms with Gasteiger partial charge in [0, 0.05) is 46.5 Å². The standard InChI is InChI=1S/C14H12F5N3O4.C14H14F5N3O2.C11H8F5N3O2/c1-2-26-12(23)21(6-5-20)8-9-3-4-10(7-11(9)22(24)25)13(15,16)14(17,18)19;1-2-24-12(23)22-6-8-3-4-9(13(15,16)14(17,18)19)5-10(8)21-11(20)7-22;12-10(13,11(14,15)16)8-2-1-7(6-18-4-3-17)9(5-8)19(20)21/h3-4,7H,2,6,8H2,1H3;3-5H,2,6-7H2,1H3,(H2,20,21);1-2,5,18H,4,6H2. The third-order valence-electron chi connectivity index (χ3n) is 8.98. The van der Waals surface area contributed by atoms with Crippen molar-refractivity contribution in [3.05, 3.63) is 108 Å². The lowest BCUT2D eigenvalue weighted by Gasteiger charge is -2.21. The lowest BCUT2D eigenvalue weighted by Crippen LogP contribution is -2.37. The van der Waals surface area contributed by atoms with Crippen LogP contribution in [0.25, 0.3) is 0 Å². The highest BCUT2D eigenvalue weighted by atomic mass is 19.4. The molecule has 3 N–H and O–H groups in total. The topological polar surface area (TPSA) is 243 Å². The van der Waals surface area contributed by atoms with Crippen molar-refractivity contribution in [2.45, 2.75) is 69.8 Å². The number of halogens is 15. The zero-order valence-electron chi connectivity index (χ0n) is 36.0. The summed E-state index contributed by atoms with van der Waals surface area (Å²) < 4.78 is 201. The van der Waals surface area contributed by atoms with E-state index in [0.717, 1.165) is 17.0 Å². The van der Waals surface area contributed by atoms with Crippen molar-refractivity contribution in [1.29, 1.82) is 10.5 Å². The molecule has 388 valence electrons. The van der Waals surface area contributed by atoms with Gasteiger partial charge < -0.3 is 20.5 Å². The SMILES string of the molecule is CCOC(=O)N(CC#N)Cc1ccc(C(F)(F)C(F)(F)F)cc1[N+](=O)[O-].CCOC(=O)N1CC(N)=Nc2cc(C(F)(F)C(F)(F)F)ccc2C1.N#CCNCc1ccc(C(F)(F)C(F)(F)F)cc1[N+](=O)[O-]. The first-order chi connectivity index (χ1) is 32.6. The van der Waals surface area contributed by atoms with E-state index in [-0.39, 0.29) is 79.7 Å². The van der Waals surface area contributed by atoms with Crippen LogP contribution in [0.2, 0.25) is 0 Å². The molecule has 0 aromatic heterocycles. The molecule has 32 heteroatoms. The van der Waals surface area contributed by atoms with Crippen molar-refractivity contribution < 1.29 is 94.8 Å². The number of benzene rings is 3. The predicted octanol–water partition coefficient (Wildman–Crippen LogP) is 9.89. The quantitative estimate of drug-likeness (QED) is 0.0534. The number of alkyl halides is 15. The van der Waals surface area contributed by atoms with Gasteiger partial charge in [0.05, 0.1) is 67.1 Å². The van der Waals surface area contributed by atoms with E-state index in [1.165, 1.54) is 11.8 Å². The second-order valence-corrected chi connectivity index (χ2v) is 13.9. The highest BCUT2D eigenvalue weighted by molar-refractivity contribution is 5.89. The third kappa shape index (κ3) is 15.2. The summed E-state index contributed by atoms with van der Waals surface area (Å²) in [6.07, 6.45) is -19.2. The molecule has 3 aromatic rings. The fourth-order valence-electron chi connectivity index (χ4n) is 5.56. The van der Waals surface area contributed by atoms with E-state index in [9.17, 15) is 95.7 Å². The molecule has 1 heterocycles. The van der Waals surface area contributed by atoms with Crippen LogP contribution >= 0.6 is 0 Å². The van der Waals surface area contributed by atoms with Gasteiger partial charge in [-0.25, -0.2) is 14.6 Å². The summed E-state index contributed by atoms with van der Waals surface area (Å²) in [6.45, 7) is 1.46. The molecule has 0 saturated heterocycles. The second-order valence-electron chi connectivity index (χ2n) is 13.9. The molecule has 3 aromatic carbocycles. The molecule has 0 atom stereocenters. The summed E-state index contributed by atoms with van der Waals surface area (Å²) in [5.74, 6) is -15.6. The number of nitrogens with one attached hydrogen (secondary N) is 1. The number of nitriles is 2. The first-order valence-corrected chi connectivity index (χ1v) is 19.3. The summed E-state index contributed by atoms with van der Waals surface area (Å²) in [4.78, 5) is 48.9. The second kappa shape index (κ2) is 23.8. The van der Waals surface area contributed by atoms with Gasteiger partial charge in [-0.2, -0.15) is 76.4 Å². The van der Waals surface area contributed by atoms with Gasteiger partial charge in [-0.15, -0.1) is 0 Å². The minimum Gasteiger partial charge on any atom is -0.450 e. The molecule has 0 bridgehead atoms. The van der Waals surface area contributed by atoms with Crippen molar-refractivity contribution in [2.75, 3.05) is 32.8 Å². The fourth-order valence-corrected chi connectivity index (χ4v) is 5.56. The maximum absolute atomic E-state index is 13.4. The normalized spacial score (nSPS) is 13.0. The van der Waals surface area contributed by atoms with E-state index < -0.39 is 99.5 Å². The van der Waals surface area contributed by atoms with Crippen LogP contribution in [0.1, 0.15) is 47.2 Å². The number of carbonyl (C=O) groups excluding carboxylic acids is 2. The summed E-state index contributed by atoms with van der Waals surface area (Å²) >= 11 is 0. The average molecular weight is 1040 g/mol. The molecule has 0 saturated carbocycles. The Morgan fingerprint density at radius 1 is 0.718 bits per heavy atom. The smallest absolute Gasteiger partial charge is 0.450 e. The van der Waals surface area contributed by atoms with E-state index in [1.807, 2.05) is 0 Å². The molecule has 0 aliphatic carbocycles. The molecule has 4 rings (SSSR count). The van der Waals surface area contributed by atoms with Crippen LogP contribution in [-0.2, 0) is 46.9 Å². The molecular weight excluding hydrogens is 1010 g/mol. The van der Waals surface area contributed by atoms with Crippen LogP contribution in [0, 0.1) is 42.9 Å². The fraction of sp³-hybridized carbons (Fsp3) is 0.410. The van der Waals surface area contributed by atoms with Crippen molar-refractivity contribution in [1.82, 2.24) is 15.1 Å². The molecule has 1 aliphatic rings. The molecule has 17 nitrogen and oxygen atoms in total. The molecule has 0 fully saturated rings. The van der Waals surface area contributed by atoms with Gasteiger partial charge in [-0.1, -0.05) is 30.3 Å². The van der Waals surface area contributed by atoms with Gasteiger partial charge >= 0.3 is 48.5 Å². The van der Waals surface area contributed by atoms with Crippen molar-refractivity contribution in [3.8, 4) is 12.1 Å². The van der Waals surface area contributed by atoms with Gasteiger partial charge in [0.2, 0.25) is 0 Å². The van der Waals surface area contributed by atoms with Crippen LogP contribution < -0.4 is 11.1 Å². The number of carbonyl (C=O) groups is 2. The molecule has 1 aliphatic heterocycles. The molecule has 0 spiro atoms. The van der Waals surface area contributed by atoms with E-state index in [1.54, 1.807) is 19.1 Å². The van der Waals surface area contributed by atoms with E-state index in [2.05, 4.69) is 15.0 Å². The Hall–Kier alpha value is -7.64. The summed E-state index contributed by atoms with van der Waals surface area (Å²) in [7, 11) is 0. The lowest BCUT2D eigenvalue weighted by molar-refractivity contribution is -0.386. The number of amidine groups is 1. The van der Waals surface area contributed by atoms with Crippen LogP contribution in [0.4, 0.5) is 92.5 Å². The first kappa shape index (κ1) is 59.5. The Labute approximate surface area is 389 Å². The van der Waals surface area contributed by atoms with Crippen molar-refractivity contribution >= 4 is 35.1 Å². The number of fused-ring (bicyclic) bond motifs is 1. The zero-order chi connectivity index (χ0) is 54.5. The Morgan fingerprint density at radius 2 is 1.17 bits per heavy atom. The number of ether oxygens (including phenoxy) is 2. The van der Waals surface area contributed by atoms with Gasteiger partial charge in [0.25, 0.3) is 11.4 Å². The zero-order valence-corrected chi connectivity index (χ0v) is 36.0. The maximum atomic E-state index is 13.4. The molecule has 0 radical (unpaired) electrons. The van der Waals surface area contributed by atoms with Crippen LogP contribution in [0.15, 0.2) is 59.6 Å². The minimum absolute atomic E-state index is 0.0560. The van der Waals surface area contributed by atoms with E-state index in [0.29, 0.717) is 30.3 Å². The Balaban J connectivity index is 0.000000367. The minimum atomic E-state index is -5.93. The van der Waals surface area contributed by atoms with E-state index >= 15 is 0 Å². The van der Waals surface area contributed by atoms with Crippen LogP contribution in [0.5, 0.6) is 0 Å². The van der Waals surface area contributed by atoms with Crippen molar-refractivity contribution in [3.63, 3.8) is 0 Å². The van der Waals surface area contributed by atoms with Crippen LogP contribution in [0.3, 0.4) is 0 Å². The molecule has 2 amide bonds. The number of aliphatic imine (C=N–C) groups is 1. The highest BCUT2D eigenvalue weighted by Gasteiger charge is 2.61. The first-order valence-electron chi connectivity index (χ1n) is 19.3. The summed E-state index contributed by atoms with van der Waals surface area (Å²) in [5, 5.41) is 41.3. The number of rotatable bonds is 13. The number of amides is 2. The van der Waals surface area contributed by atoms with Gasteiger partial charge in [-0.3, -0.25) is 30.0 Å².